The maximum absolute atomic E-state index is 13.6. The number of carbonyl (C=O) groups is 1. The number of aromatic nitrogens is 1. The fourth-order valence-electron chi connectivity index (χ4n) is 9.45. The summed E-state index contributed by atoms with van der Waals surface area (Å²) in [5.74, 6) is 0.822. The summed E-state index contributed by atoms with van der Waals surface area (Å²) in [4.78, 5) is 34.8. The number of aliphatic hydroxyl groups excluding tert-OH is 2. The van der Waals surface area contributed by atoms with Gasteiger partial charge >= 0.3 is 6.09 Å². The van der Waals surface area contributed by atoms with Crippen molar-refractivity contribution < 1.29 is 48.5 Å². The van der Waals surface area contributed by atoms with Crippen molar-refractivity contribution in [3.8, 4) is 23.0 Å². The van der Waals surface area contributed by atoms with Gasteiger partial charge in [0.25, 0.3) is 5.69 Å². The Labute approximate surface area is 389 Å². The van der Waals surface area contributed by atoms with E-state index in [1.165, 1.54) is 19.2 Å². The minimum Gasteiger partial charge on any atom is -0.497 e. The molecule has 1 saturated carbocycles. The van der Waals surface area contributed by atoms with E-state index in [-0.39, 0.29) is 55.1 Å². The number of thioether (sulfide) groups is 1. The summed E-state index contributed by atoms with van der Waals surface area (Å²) in [5.41, 5.74) is 4.81. The molecule has 1 aliphatic heterocycles. The van der Waals surface area contributed by atoms with Crippen LogP contribution in [0.4, 0.5) is 16.2 Å². The maximum atomic E-state index is 13.6. The Morgan fingerprint density at radius 3 is 2.45 bits per heavy atom. The number of amides is 1. The topological polar surface area (TPSA) is 193 Å². The van der Waals surface area contributed by atoms with Crippen LogP contribution < -0.4 is 24.3 Å². The molecule has 3 aromatic carbocycles. The van der Waals surface area contributed by atoms with E-state index < -0.39 is 22.7 Å². The van der Waals surface area contributed by atoms with Crippen LogP contribution in [0.2, 0.25) is 0 Å². The molecule has 1 aromatic heterocycles. The van der Waals surface area contributed by atoms with E-state index in [2.05, 4.69) is 23.0 Å². The number of non-ortho nitro benzene ring substituents is 1. The summed E-state index contributed by atoms with van der Waals surface area (Å²) in [6.07, 6.45) is 12.5. The van der Waals surface area contributed by atoms with Crippen molar-refractivity contribution >= 4 is 34.9 Å². The van der Waals surface area contributed by atoms with E-state index >= 15 is 0 Å². The van der Waals surface area contributed by atoms with Crippen molar-refractivity contribution in [3.63, 3.8) is 0 Å². The van der Waals surface area contributed by atoms with Gasteiger partial charge in [0.05, 0.1) is 48.3 Å². The van der Waals surface area contributed by atoms with Gasteiger partial charge < -0.3 is 38.7 Å². The minimum absolute atomic E-state index is 0.0109. The number of benzene rings is 3. The molecule has 15 nitrogen and oxygen atoms in total. The summed E-state index contributed by atoms with van der Waals surface area (Å²) in [5, 5.41) is 38.6. The largest absolute Gasteiger partial charge is 0.497 e. The van der Waals surface area contributed by atoms with Gasteiger partial charge in [-0.2, -0.15) is 11.8 Å². The van der Waals surface area contributed by atoms with Crippen LogP contribution in [0, 0.1) is 27.9 Å². The second kappa shape index (κ2) is 23.0. The molecule has 16 heteroatoms. The van der Waals surface area contributed by atoms with Crippen molar-refractivity contribution in [1.82, 2.24) is 4.98 Å². The number of aryl methyl sites for hydroxylation is 1. The zero-order valence-electron chi connectivity index (χ0n) is 37.3. The zero-order valence-corrected chi connectivity index (χ0v) is 38.2. The number of anilines is 1. The summed E-state index contributed by atoms with van der Waals surface area (Å²) in [6, 6.07) is 20.8. The Hall–Kier alpha value is -5.94. The average Bonchev–Trinajstić information content (AvgIpc) is 3.33. The lowest BCUT2D eigenvalue weighted by Crippen LogP contribution is -2.64. The van der Waals surface area contributed by atoms with Gasteiger partial charge in [0.15, 0.2) is 0 Å². The van der Waals surface area contributed by atoms with Crippen LogP contribution in [0.1, 0.15) is 67.6 Å². The van der Waals surface area contributed by atoms with Crippen LogP contribution in [-0.2, 0) is 22.6 Å². The summed E-state index contributed by atoms with van der Waals surface area (Å²) >= 11 is 1.75. The number of nitrogens with zero attached hydrogens (tertiary/aromatic N) is 3. The number of rotatable bonds is 23. The smallest absolute Gasteiger partial charge is 0.417 e. The molecule has 0 radical (unpaired) electrons. The van der Waals surface area contributed by atoms with Crippen molar-refractivity contribution in [3.05, 3.63) is 136 Å². The molecular weight excluding hydrogens is 865 g/mol. The number of nitro groups is 1. The number of ether oxygens (including phenoxy) is 5. The van der Waals surface area contributed by atoms with E-state index in [9.17, 15) is 25.1 Å². The Bertz CT molecular complexity index is 2350. The number of methoxy groups -OCH3 is 2. The molecule has 3 N–H and O–H groups in total. The Morgan fingerprint density at radius 2 is 1.74 bits per heavy atom. The van der Waals surface area contributed by atoms with E-state index in [1.54, 1.807) is 73.7 Å². The molecule has 0 spiro atoms. The number of unbranched alkanes of at least 4 members (excludes halogenated alkanes) is 2. The fourth-order valence-corrected chi connectivity index (χ4v) is 10.9. The van der Waals surface area contributed by atoms with Crippen LogP contribution in [0.15, 0.2) is 115 Å². The predicted molar refractivity (Wildman–Crippen MR) is 252 cm³/mol. The molecular formula is C50H58N4O11S. The molecule has 1 amide bonds. The summed E-state index contributed by atoms with van der Waals surface area (Å²) in [7, 11) is 3.05. The molecule has 0 unspecified atom stereocenters. The molecule has 7 rings (SSSR count). The third-order valence-electron chi connectivity index (χ3n) is 12.5. The first-order valence-electron chi connectivity index (χ1n) is 22.4. The Balaban J connectivity index is 1.32. The minimum atomic E-state index is -1.20. The second-order valence-electron chi connectivity index (χ2n) is 16.5. The van der Waals surface area contributed by atoms with Gasteiger partial charge in [-0.25, -0.2) is 4.79 Å². The number of pyridine rings is 1. The molecule has 4 aromatic rings. The molecule has 0 saturated heterocycles. The number of nitro benzene ring substituents is 1. The lowest BCUT2D eigenvalue weighted by Gasteiger charge is -2.58. The lowest BCUT2D eigenvalue weighted by molar-refractivity contribution is -0.384. The molecule has 6 atom stereocenters. The van der Waals surface area contributed by atoms with Gasteiger partial charge in [0, 0.05) is 61.7 Å². The van der Waals surface area contributed by atoms with Gasteiger partial charge in [0.2, 0.25) is 5.79 Å². The third kappa shape index (κ3) is 11.2. The maximum Gasteiger partial charge on any atom is 0.417 e. The van der Waals surface area contributed by atoms with Gasteiger partial charge in [-0.1, -0.05) is 30.1 Å². The first-order valence-corrected chi connectivity index (χ1v) is 23.4. The van der Waals surface area contributed by atoms with Gasteiger partial charge in [-0.05, 0) is 121 Å². The van der Waals surface area contributed by atoms with E-state index in [1.807, 2.05) is 24.3 Å². The van der Waals surface area contributed by atoms with Crippen molar-refractivity contribution in [2.24, 2.45) is 22.9 Å². The third-order valence-corrected chi connectivity index (χ3v) is 13.8. The van der Waals surface area contributed by atoms with Crippen molar-refractivity contribution in [2.75, 3.05) is 45.1 Å². The Kier molecular flexibility index (Phi) is 16.7. The van der Waals surface area contributed by atoms with E-state index in [0.29, 0.717) is 47.9 Å². The molecule has 2 aliphatic carbocycles. The highest BCUT2D eigenvalue weighted by Gasteiger charge is 2.64. The summed E-state index contributed by atoms with van der Waals surface area (Å²) < 4.78 is 31.2. The van der Waals surface area contributed by atoms with Crippen LogP contribution in [-0.4, -0.2) is 82.8 Å². The first-order chi connectivity index (χ1) is 32.2. The standard InChI is InChI=1S/C50H58N4O11S/c1-4-26-62-50-46(66-27-21-33-19-22-51-23-20-33)31-43(53-63-32-34-11-13-36(14-12-34)54(58)59)40-28-35(9-5-7-24-55)39(10-6-8-25-56)47(48(40)50)41-29-38(16-18-44(41)65-50)64-49(57)52-42-17-15-37(60-2)30-45(42)61-3/h4,11-20,22-23,28-30,35,39,46-48,55-56H,1,5-10,21,24-27,31-32H2,2-3H3,(H,52,57)/t35-,39+,46-,47+,48+,50+/m0/s1. The molecule has 2 heterocycles. The van der Waals surface area contributed by atoms with Gasteiger partial charge in [-0.3, -0.25) is 20.4 Å². The lowest BCUT2D eigenvalue weighted by atomic mass is 9.56. The molecule has 3 aliphatic rings. The molecule has 350 valence electrons. The van der Waals surface area contributed by atoms with Gasteiger partial charge in [-0.15, -0.1) is 6.58 Å². The zero-order chi connectivity index (χ0) is 46.5. The number of hydrogen-bond donors (Lipinski definition) is 3. The number of aliphatic hydroxyl groups is 2. The normalized spacial score (nSPS) is 22.2. The van der Waals surface area contributed by atoms with Crippen LogP contribution >= 0.6 is 11.8 Å². The Morgan fingerprint density at radius 1 is 0.985 bits per heavy atom. The van der Waals surface area contributed by atoms with E-state index in [0.717, 1.165) is 65.8 Å². The number of allylic oxidation sites excluding steroid dienone is 1. The molecule has 1 fully saturated rings. The molecule has 66 heavy (non-hydrogen) atoms. The fraction of sp³-hybridized carbons (Fsp3) is 0.420. The van der Waals surface area contributed by atoms with E-state index in [4.69, 9.17) is 33.7 Å². The second-order valence-corrected chi connectivity index (χ2v) is 17.8. The van der Waals surface area contributed by atoms with Crippen molar-refractivity contribution in [2.45, 2.75) is 74.9 Å². The highest BCUT2D eigenvalue weighted by Crippen LogP contribution is 2.62. The number of nitrogens with one attached hydrogen (secondary N) is 1. The van der Waals surface area contributed by atoms with Crippen molar-refractivity contribution in [1.29, 1.82) is 0 Å². The quantitative estimate of drug-likeness (QED) is 0.0276. The van der Waals surface area contributed by atoms with Crippen LogP contribution in [0.25, 0.3) is 0 Å². The predicted octanol–water partition coefficient (Wildman–Crippen LogP) is 9.43. The summed E-state index contributed by atoms with van der Waals surface area (Å²) in [6.45, 7) is 4.47. The number of fused-ring (bicyclic) bond motifs is 2. The number of hydrogen-bond acceptors (Lipinski definition) is 14. The SMILES string of the molecule is C=CCO[C@@]12Oc3ccc(OC(=O)Nc4ccc(OC)cc4OC)cc3[C@H]3[C@H](CCCCO)[C@@H](CCCCO)C=C(C(=NOCc4ccc([N+](=O)[O-])cc4)C[C@@H]1SCCc1ccncc1)[C@H]32. The highest BCUT2D eigenvalue weighted by molar-refractivity contribution is 8.00. The monoisotopic (exact) mass is 922 g/mol. The molecule has 0 bridgehead atoms. The number of oxime groups is 1. The van der Waals surface area contributed by atoms with Crippen LogP contribution in [0.3, 0.4) is 0 Å². The first kappa shape index (κ1) is 48.0. The highest BCUT2D eigenvalue weighted by atomic mass is 32.2. The van der Waals surface area contributed by atoms with Gasteiger partial charge in [0.1, 0.15) is 29.6 Å². The van der Waals surface area contributed by atoms with Crippen LogP contribution in [0.5, 0.6) is 23.0 Å². The number of carbonyl (C=O) groups excluding carboxylic acids is 1. The average molecular weight is 923 g/mol.